The van der Waals surface area contributed by atoms with Gasteiger partial charge in [-0.3, -0.25) is 0 Å². The van der Waals surface area contributed by atoms with Crippen LogP contribution in [0.1, 0.15) is 36.2 Å². The van der Waals surface area contributed by atoms with Gasteiger partial charge in [0.1, 0.15) is 5.69 Å². The van der Waals surface area contributed by atoms with Crippen LogP contribution in [-0.4, -0.2) is 4.98 Å². The predicted octanol–water partition coefficient (Wildman–Crippen LogP) is 6.94. The second-order valence-corrected chi connectivity index (χ2v) is 6.59. The Bertz CT molecular complexity index is 1120. The third-order valence-corrected chi connectivity index (χ3v) is 4.46. The van der Waals surface area contributed by atoms with Crippen molar-refractivity contribution in [1.29, 1.82) is 0 Å². The minimum absolute atomic E-state index is 0.793. The smallest absolute Gasteiger partial charge is 0.114 e. The molecule has 0 atom stereocenters. The Hall–Kier alpha value is -3.37. The molecule has 0 bridgehead atoms. The van der Waals surface area contributed by atoms with E-state index >= 15 is 0 Å². The molecule has 0 unspecified atom stereocenters. The molecule has 1 heterocycles. The Morgan fingerprint density at radius 3 is 1.89 bits per heavy atom. The predicted molar refractivity (Wildman–Crippen MR) is 120 cm³/mol. The standard InChI is InChI=1S/C25H19N.C2H6/c1-18-3-7-20(8-4-18)9-14-24-15-12-23-17-22(13-16-25(23)26-24)21-10-5-19(2)6-11-21;1-2/h3-8,10-13,15-17H,1-2H3;1-2H3. The highest BCUT2D eigenvalue weighted by Gasteiger charge is 2.01. The molecule has 1 nitrogen and oxygen atoms in total. The molecule has 0 saturated carbocycles. The van der Waals surface area contributed by atoms with E-state index in [0.717, 1.165) is 22.2 Å². The van der Waals surface area contributed by atoms with Gasteiger partial charge in [-0.2, -0.15) is 0 Å². The second-order valence-electron chi connectivity index (χ2n) is 6.59. The molecule has 0 aliphatic heterocycles. The van der Waals surface area contributed by atoms with Gasteiger partial charge >= 0.3 is 0 Å². The number of aryl methyl sites for hydroxylation is 2. The summed E-state index contributed by atoms with van der Waals surface area (Å²) in [6.07, 6.45) is 0. The van der Waals surface area contributed by atoms with Crippen molar-refractivity contribution in [2.45, 2.75) is 27.7 Å². The number of aromatic nitrogens is 1. The molecule has 0 N–H and O–H groups in total. The van der Waals surface area contributed by atoms with Crippen molar-refractivity contribution in [2.75, 3.05) is 0 Å². The van der Waals surface area contributed by atoms with Gasteiger partial charge in [-0.05, 0) is 67.3 Å². The molecule has 4 aromatic rings. The van der Waals surface area contributed by atoms with E-state index in [2.05, 4.69) is 91.3 Å². The van der Waals surface area contributed by atoms with E-state index in [-0.39, 0.29) is 0 Å². The summed E-state index contributed by atoms with van der Waals surface area (Å²) in [5.74, 6) is 6.35. The molecule has 0 aliphatic rings. The minimum Gasteiger partial charge on any atom is -0.239 e. The Kier molecular flexibility index (Phi) is 6.25. The number of fused-ring (bicyclic) bond motifs is 1. The van der Waals surface area contributed by atoms with Gasteiger partial charge in [0, 0.05) is 10.9 Å². The van der Waals surface area contributed by atoms with E-state index in [1.165, 1.54) is 22.3 Å². The normalized spacial score (nSPS) is 9.86. The lowest BCUT2D eigenvalue weighted by atomic mass is 10.0. The molecule has 1 heteroatoms. The van der Waals surface area contributed by atoms with E-state index in [0.29, 0.717) is 0 Å². The van der Waals surface area contributed by atoms with Crippen molar-refractivity contribution in [3.05, 3.63) is 101 Å². The van der Waals surface area contributed by atoms with Gasteiger partial charge in [0.25, 0.3) is 0 Å². The molecular formula is C27H25N. The molecule has 0 saturated heterocycles. The van der Waals surface area contributed by atoms with Gasteiger partial charge in [-0.15, -0.1) is 0 Å². The SMILES string of the molecule is CC.Cc1ccc(C#Cc2ccc3cc(-c4ccc(C)cc4)ccc3n2)cc1. The first-order valence-electron chi connectivity index (χ1n) is 9.74. The van der Waals surface area contributed by atoms with Crippen molar-refractivity contribution in [3.63, 3.8) is 0 Å². The Labute approximate surface area is 168 Å². The highest BCUT2D eigenvalue weighted by molar-refractivity contribution is 5.85. The third kappa shape index (κ3) is 4.67. The highest BCUT2D eigenvalue weighted by Crippen LogP contribution is 2.24. The van der Waals surface area contributed by atoms with Crippen LogP contribution in [0.15, 0.2) is 78.9 Å². The number of hydrogen-bond donors (Lipinski definition) is 0. The van der Waals surface area contributed by atoms with Crippen LogP contribution < -0.4 is 0 Å². The van der Waals surface area contributed by atoms with Gasteiger partial charge in [0.15, 0.2) is 0 Å². The van der Waals surface area contributed by atoms with E-state index in [1.807, 2.05) is 32.0 Å². The zero-order valence-electron chi connectivity index (χ0n) is 17.0. The minimum atomic E-state index is 0.793. The van der Waals surface area contributed by atoms with Crippen LogP contribution in [-0.2, 0) is 0 Å². The van der Waals surface area contributed by atoms with E-state index < -0.39 is 0 Å². The number of rotatable bonds is 1. The Balaban J connectivity index is 0.00000109. The van der Waals surface area contributed by atoms with Crippen molar-refractivity contribution >= 4 is 10.9 Å². The molecule has 3 aromatic carbocycles. The van der Waals surface area contributed by atoms with E-state index in [4.69, 9.17) is 0 Å². The lowest BCUT2D eigenvalue weighted by molar-refractivity contribution is 1.36. The van der Waals surface area contributed by atoms with Gasteiger partial charge in [-0.25, -0.2) is 4.98 Å². The molecule has 0 fully saturated rings. The molecule has 0 aliphatic carbocycles. The first-order chi connectivity index (χ1) is 13.7. The Morgan fingerprint density at radius 2 is 1.21 bits per heavy atom. The van der Waals surface area contributed by atoms with Crippen LogP contribution in [0.5, 0.6) is 0 Å². The largest absolute Gasteiger partial charge is 0.239 e. The number of benzene rings is 3. The average Bonchev–Trinajstić information content (AvgIpc) is 2.75. The van der Waals surface area contributed by atoms with Gasteiger partial charge in [-0.1, -0.05) is 73.4 Å². The fourth-order valence-corrected chi connectivity index (χ4v) is 2.89. The summed E-state index contributed by atoms with van der Waals surface area (Å²) < 4.78 is 0. The lowest BCUT2D eigenvalue weighted by Gasteiger charge is -2.05. The van der Waals surface area contributed by atoms with Gasteiger partial charge < -0.3 is 0 Å². The summed E-state index contributed by atoms with van der Waals surface area (Å²) in [5, 5.41) is 1.13. The Morgan fingerprint density at radius 1 is 0.607 bits per heavy atom. The summed E-state index contributed by atoms with van der Waals surface area (Å²) in [6.45, 7) is 8.18. The first-order valence-corrected chi connectivity index (χ1v) is 9.74. The second kappa shape index (κ2) is 9.02. The van der Waals surface area contributed by atoms with Crippen LogP contribution >= 0.6 is 0 Å². The summed E-state index contributed by atoms with van der Waals surface area (Å²) in [5.41, 5.74) is 7.71. The average molecular weight is 364 g/mol. The topological polar surface area (TPSA) is 12.9 Å². The van der Waals surface area contributed by atoms with Crippen LogP contribution in [0.25, 0.3) is 22.0 Å². The third-order valence-electron chi connectivity index (χ3n) is 4.46. The first kappa shape index (κ1) is 19.4. The summed E-state index contributed by atoms with van der Waals surface area (Å²) in [7, 11) is 0. The van der Waals surface area contributed by atoms with Crippen molar-refractivity contribution < 1.29 is 0 Å². The molecule has 138 valence electrons. The maximum atomic E-state index is 4.68. The monoisotopic (exact) mass is 363 g/mol. The molecule has 0 spiro atoms. The van der Waals surface area contributed by atoms with Crippen LogP contribution in [0, 0.1) is 25.7 Å². The number of pyridine rings is 1. The molecule has 1 aromatic heterocycles. The maximum Gasteiger partial charge on any atom is 0.114 e. The van der Waals surface area contributed by atoms with Crippen LogP contribution in [0.2, 0.25) is 0 Å². The molecule has 28 heavy (non-hydrogen) atoms. The zero-order valence-corrected chi connectivity index (χ0v) is 17.0. The van der Waals surface area contributed by atoms with Crippen molar-refractivity contribution in [1.82, 2.24) is 4.98 Å². The van der Waals surface area contributed by atoms with E-state index in [1.54, 1.807) is 0 Å². The summed E-state index contributed by atoms with van der Waals surface area (Å²) in [4.78, 5) is 4.68. The lowest BCUT2D eigenvalue weighted by Crippen LogP contribution is -1.86. The van der Waals surface area contributed by atoms with Gasteiger partial charge in [0.2, 0.25) is 0 Å². The fraction of sp³-hybridized carbons (Fsp3) is 0.148. The number of nitrogens with zero attached hydrogens (tertiary/aromatic N) is 1. The molecule has 0 radical (unpaired) electrons. The molecule has 4 rings (SSSR count). The summed E-state index contributed by atoms with van der Waals surface area (Å²) in [6, 6.07) is 27.3. The van der Waals surface area contributed by atoms with Crippen molar-refractivity contribution in [2.24, 2.45) is 0 Å². The maximum absolute atomic E-state index is 4.68. The van der Waals surface area contributed by atoms with Crippen LogP contribution in [0.3, 0.4) is 0 Å². The summed E-state index contributed by atoms with van der Waals surface area (Å²) >= 11 is 0. The fourth-order valence-electron chi connectivity index (χ4n) is 2.89. The quantitative estimate of drug-likeness (QED) is 0.334. The molecule has 0 amide bonds. The number of hydrogen-bond acceptors (Lipinski definition) is 1. The molecular weight excluding hydrogens is 338 g/mol. The van der Waals surface area contributed by atoms with Gasteiger partial charge in [0.05, 0.1) is 5.52 Å². The zero-order chi connectivity index (χ0) is 19.9. The van der Waals surface area contributed by atoms with Crippen LogP contribution in [0.4, 0.5) is 0 Å². The van der Waals surface area contributed by atoms with E-state index in [9.17, 15) is 0 Å². The van der Waals surface area contributed by atoms with Crippen molar-refractivity contribution in [3.8, 4) is 23.0 Å². The highest BCUT2D eigenvalue weighted by atomic mass is 14.7.